The summed E-state index contributed by atoms with van der Waals surface area (Å²) in [7, 11) is 1.47. The number of nitrogens with zero attached hydrogens (tertiary/aromatic N) is 2. The number of aliphatic carboxylic acids is 1. The largest absolute Gasteiger partial charge is 1.00 e. The van der Waals surface area contributed by atoms with Crippen molar-refractivity contribution < 1.29 is 136 Å². The molecule has 18 N–H and O–H groups in total. The molecule has 7 amide bonds. The Hall–Kier alpha value is -4.98. The number of carboxylic acids is 1. The fourth-order valence-corrected chi connectivity index (χ4v) is 18.4. The van der Waals surface area contributed by atoms with Crippen LogP contribution in [0.2, 0.25) is 0 Å². The average Bonchev–Trinajstić information content (AvgIpc) is 1.54. The molecule has 0 aromatic heterocycles. The lowest BCUT2D eigenvalue weighted by Crippen LogP contribution is -3.00. The molecule has 27 nitrogen and oxygen atoms in total. The van der Waals surface area contributed by atoms with Gasteiger partial charge in [0.05, 0.1) is 25.7 Å². The van der Waals surface area contributed by atoms with Crippen LogP contribution < -0.4 is 81.8 Å². The number of methoxy groups -OCH3 is 1. The van der Waals surface area contributed by atoms with Crippen LogP contribution in [0.3, 0.4) is 0 Å². The highest BCUT2D eigenvalue weighted by Crippen LogP contribution is 2.67. The number of nitrogens with two attached hydrogens (primary N) is 4. The summed E-state index contributed by atoms with van der Waals surface area (Å²) in [5.41, 5.74) is 21.0. The van der Waals surface area contributed by atoms with Crippen molar-refractivity contribution in [2.75, 3.05) is 26.7 Å². The number of esters is 1. The molecule has 6 aliphatic carbocycles. The summed E-state index contributed by atoms with van der Waals surface area (Å²) in [6.07, 6.45) is 12.5. The molecule has 9 aliphatic rings. The van der Waals surface area contributed by atoms with Gasteiger partial charge in [0.15, 0.2) is 29.8 Å². The summed E-state index contributed by atoms with van der Waals surface area (Å²) in [6.45, 7) is 51.9. The Balaban J connectivity index is 0.00000148. The molecule has 16 atom stereocenters. The van der Waals surface area contributed by atoms with E-state index in [0.29, 0.717) is 67.4 Å². The number of hydrogen-bond donors (Lipinski definition) is 10. The van der Waals surface area contributed by atoms with E-state index in [1.165, 1.54) is 32.8 Å². The summed E-state index contributed by atoms with van der Waals surface area (Å²) < 4.78 is 4.75. The summed E-state index contributed by atoms with van der Waals surface area (Å²) >= 11 is 0. The summed E-state index contributed by atoms with van der Waals surface area (Å²) in [4.78, 5) is 173. The second-order valence-electron chi connectivity index (χ2n) is 43.9. The zero-order valence-electron chi connectivity index (χ0n) is 76.8. The molecule has 0 aromatic carbocycles. The number of primary amides is 3. The van der Waals surface area contributed by atoms with Gasteiger partial charge in [-0.25, -0.2) is 14.4 Å². The van der Waals surface area contributed by atoms with E-state index in [4.69, 9.17) is 27.0 Å². The van der Waals surface area contributed by atoms with Crippen LogP contribution in [0, 0.1) is 114 Å². The van der Waals surface area contributed by atoms with Crippen LogP contribution in [0.15, 0.2) is 0 Å². The molecule has 119 heavy (non-hydrogen) atoms. The standard InChI is InChI=1S/C30H48N2O5.C22H37NO3.C11H22N2O3.C9H15NO2.C8H16N2O2.C8H14N2O2.3ClH.HI/c1-28(2,3)15-19(33)14-20(29(4,5)6)27(37)32-16-21-23(30(21,7)8)24(32)22(34)13-18(25(35)26(31)36)12-17-10-9-11-17;1-13(24)18-17-16(22(17,8)9)12-23(18)19(26)15(21(5,6)7)10-14(25)11-20(2,3)4;1-10(2,3)7(8(14)15)12-9(16)13-11(4,5)6;1-9(2)5-4-10-7(6(5)9)8(11)12-3;2*9-6(7(11)8(10)12)4-5-2-1-3-5;;;;/h17-18,20-21,23-24H,9-16H2,1-8H3,(H2,31,36);15-18H,10-12H2,1-9H3;7H,1-6H3,(H,14,15)(H2,12,13,16);5-7,10H,4H2,1-3H3;5-7,11H,1-4,9H2,(H2,10,12);5-6H,1-4,9H2,(H2,10,12);4*1H/t18?,20-,21+,23+,24-;15-,16+,17+,18-;;5-,6-,7-;;;;;;/m11.0....../s1. The number of quaternary nitrogens is 3. The normalized spacial score (nSPS) is 24.9. The predicted octanol–water partition coefficient (Wildman–Crippen LogP) is -1.47. The van der Waals surface area contributed by atoms with Gasteiger partial charge in [0.25, 0.3) is 23.5 Å². The van der Waals surface area contributed by atoms with E-state index in [1.54, 1.807) is 37.5 Å². The van der Waals surface area contributed by atoms with Gasteiger partial charge < -0.3 is 107 Å². The van der Waals surface area contributed by atoms with E-state index in [1.807, 2.05) is 104 Å². The fraction of sp³-hybridized carbons (Fsp3) is 0.841. The Morgan fingerprint density at radius 3 is 1.23 bits per heavy atom. The van der Waals surface area contributed by atoms with E-state index >= 15 is 0 Å². The third kappa shape index (κ3) is 32.5. The van der Waals surface area contributed by atoms with Crippen molar-refractivity contribution in [2.45, 2.75) is 330 Å². The lowest BCUT2D eigenvalue weighted by molar-refractivity contribution is -0.670. The molecule has 0 aromatic rings. The highest BCUT2D eigenvalue weighted by atomic mass is 127. The number of Topliss-reactive ketones (excluding diaryl/α,β-unsaturated/α-hetero) is 6. The van der Waals surface area contributed by atoms with Crippen molar-refractivity contribution >= 4 is 106 Å². The maximum absolute atomic E-state index is 14.0. The maximum atomic E-state index is 14.0. The summed E-state index contributed by atoms with van der Waals surface area (Å²) in [5, 5.41) is 25.5. The first-order valence-corrected chi connectivity index (χ1v) is 42.4. The second kappa shape index (κ2) is 44.8. The van der Waals surface area contributed by atoms with Crippen molar-refractivity contribution in [2.24, 2.45) is 132 Å². The van der Waals surface area contributed by atoms with Gasteiger partial charge in [-0.3, -0.25) is 52.7 Å². The smallest absolute Gasteiger partial charge is 0.364 e. The lowest BCUT2D eigenvalue weighted by atomic mass is 9.74. The minimum atomic E-state index is -1.06. The van der Waals surface area contributed by atoms with Gasteiger partial charge in [0.2, 0.25) is 17.6 Å². The van der Waals surface area contributed by atoms with E-state index < -0.39 is 88.2 Å². The van der Waals surface area contributed by atoms with E-state index in [9.17, 15) is 72.2 Å². The fourth-order valence-electron chi connectivity index (χ4n) is 18.4. The Bertz CT molecular complexity index is 3520. The number of nitrogens with one attached hydrogen (secondary N) is 2. The van der Waals surface area contributed by atoms with E-state index in [2.05, 4.69) is 69.0 Å². The number of carbonyl (C=O) groups is 14. The first-order valence-electron chi connectivity index (χ1n) is 42.4. The molecule has 3 saturated heterocycles. The van der Waals surface area contributed by atoms with Crippen LogP contribution in [0.1, 0.15) is 282 Å². The lowest BCUT2D eigenvalue weighted by Gasteiger charge is -2.38. The SMILES string of the molecule is CC(=O)[C@@H]1[C@@H]2[C@H](CN1C(=O)[C@@H](CC(=O)CC(C)(C)C)C(C)(C)C)C2(C)C.CC(C)(C)CC(=O)C[C@H](C(=O)N1C[C@H]2[C@@H]([C@H]1C(=O)CC(CC1CCC1)C(=O)C(N)=O)C2(C)C)C(C)(C)C.CC(C)(C)NC(=O)NC(C(=O)O)C(C)(C)C.COC(=O)[C@H]1[NH2+]C[C@H]2[C@@H]1C2(C)C.I.NC(=O)C(=O)C([NH3+])CC1CCC1.NC(=O)C(O)C([NH3+])CC1CCC1.[Cl-].[Cl-].[Cl-]. The van der Waals surface area contributed by atoms with Crippen LogP contribution in [-0.4, -0.2) is 177 Å². The van der Waals surface area contributed by atoms with Crippen molar-refractivity contribution in [3.05, 3.63) is 0 Å². The zero-order valence-corrected chi connectivity index (χ0v) is 81.4. The number of likely N-dealkylation sites (tertiary alicyclic amines) is 2. The van der Waals surface area contributed by atoms with Crippen LogP contribution in [0.5, 0.6) is 0 Å². The summed E-state index contributed by atoms with van der Waals surface area (Å²) in [6, 6.07) is -2.88. The van der Waals surface area contributed by atoms with E-state index in [0.717, 1.165) is 57.4 Å². The van der Waals surface area contributed by atoms with Crippen molar-refractivity contribution in [1.82, 2.24) is 20.4 Å². The molecule has 9 fully saturated rings. The third-order valence-electron chi connectivity index (χ3n) is 26.2. The number of hydrogen-bond acceptors (Lipinski definition) is 16. The third-order valence-corrected chi connectivity index (χ3v) is 26.2. The van der Waals surface area contributed by atoms with Crippen LogP contribution in [0.25, 0.3) is 0 Å². The van der Waals surface area contributed by atoms with Gasteiger partial charge in [0.1, 0.15) is 23.7 Å². The highest BCUT2D eigenvalue weighted by Gasteiger charge is 2.72. The number of fused-ring (bicyclic) bond motifs is 3. The minimum absolute atomic E-state index is 0. The van der Waals surface area contributed by atoms with Gasteiger partial charge >= 0.3 is 18.0 Å². The molecule has 688 valence electrons. The number of carboxylic acid groups (broad SMARTS) is 1. The molecule has 6 saturated carbocycles. The van der Waals surface area contributed by atoms with Gasteiger partial charge in [-0.2, -0.15) is 0 Å². The topological polar surface area (TPSA) is 469 Å². The number of ketones is 6. The molecule has 3 heterocycles. The number of amides is 7. The molecular weight excluding hydrogens is 1700 g/mol. The Labute approximate surface area is 746 Å². The Morgan fingerprint density at radius 2 is 0.916 bits per heavy atom. The van der Waals surface area contributed by atoms with E-state index in [-0.39, 0.29) is 196 Å². The number of aliphatic hydroxyl groups is 1. The first kappa shape index (κ1) is 114. The average molecular weight is 1860 g/mol. The van der Waals surface area contributed by atoms with Gasteiger partial charge in [-0.05, 0) is 119 Å². The highest BCUT2D eigenvalue weighted by molar-refractivity contribution is 14.0. The van der Waals surface area contributed by atoms with Crippen molar-refractivity contribution in [3.8, 4) is 0 Å². The molecule has 31 heteroatoms. The molecular formula is C88H156Cl3IN10O17. The molecule has 9 rings (SSSR count). The van der Waals surface area contributed by atoms with Gasteiger partial charge in [-0.1, -0.05) is 203 Å². The molecule has 0 radical (unpaired) electrons. The number of aliphatic hydroxyl groups excluding tert-OH is 1. The molecule has 0 spiro atoms. The van der Waals surface area contributed by atoms with Crippen molar-refractivity contribution in [1.29, 1.82) is 0 Å². The number of urea groups is 1. The van der Waals surface area contributed by atoms with Gasteiger partial charge in [-0.15, -0.1) is 24.0 Å². The van der Waals surface area contributed by atoms with Crippen molar-refractivity contribution in [3.63, 3.8) is 0 Å². The van der Waals surface area contributed by atoms with Gasteiger partial charge in [0, 0.05) is 93.2 Å². The second-order valence-corrected chi connectivity index (χ2v) is 43.9. The quantitative estimate of drug-likeness (QED) is 0.0255. The maximum Gasteiger partial charge on any atom is 0.364 e. The summed E-state index contributed by atoms with van der Waals surface area (Å²) in [5.74, 6) is -2.65. The monoisotopic (exact) mass is 1860 g/mol. The predicted molar refractivity (Wildman–Crippen MR) is 454 cm³/mol. The Morgan fingerprint density at radius 1 is 0.538 bits per heavy atom. The molecule has 5 unspecified atom stereocenters. The zero-order chi connectivity index (χ0) is 88.7. The minimum Gasteiger partial charge on any atom is -1.00 e. The number of carbonyl (C=O) groups excluding carboxylic acids is 13. The molecule has 3 aliphatic heterocycles. The van der Waals surface area contributed by atoms with Crippen LogP contribution >= 0.6 is 24.0 Å². The van der Waals surface area contributed by atoms with Crippen LogP contribution in [-0.2, 0) is 67.1 Å². The number of piperidine rings is 3. The number of rotatable bonds is 27. The Kier molecular flexibility index (Phi) is 42.9. The molecule has 0 bridgehead atoms. The number of ether oxygens (including phenoxy) is 1. The first-order chi connectivity index (χ1) is 52.1. The van der Waals surface area contributed by atoms with Crippen LogP contribution in [0.4, 0.5) is 4.79 Å². The number of halogens is 4.